The van der Waals surface area contributed by atoms with Gasteiger partial charge in [0.15, 0.2) is 5.82 Å². The fourth-order valence-electron chi connectivity index (χ4n) is 3.26. The molecule has 1 aromatic heterocycles. The zero-order valence-corrected chi connectivity index (χ0v) is 18.9. The molecule has 0 atom stereocenters. The van der Waals surface area contributed by atoms with Crippen LogP contribution in [0.15, 0.2) is 79.0 Å². The van der Waals surface area contributed by atoms with Gasteiger partial charge in [-0.05, 0) is 48.4 Å². The van der Waals surface area contributed by atoms with Gasteiger partial charge in [-0.2, -0.15) is 5.10 Å². The molecule has 4 aromatic rings. The van der Waals surface area contributed by atoms with Crippen LogP contribution in [-0.2, 0) is 13.2 Å². The zero-order chi connectivity index (χ0) is 22.5. The molecular formula is C25H21Cl2N3O2. The van der Waals surface area contributed by atoms with E-state index in [-0.39, 0.29) is 12.5 Å². The average molecular weight is 466 g/mol. The first-order valence-corrected chi connectivity index (χ1v) is 10.8. The summed E-state index contributed by atoms with van der Waals surface area (Å²) in [5.41, 5.74) is 3.71. The van der Waals surface area contributed by atoms with Crippen molar-refractivity contribution in [3.63, 3.8) is 0 Å². The number of nitrogens with zero attached hydrogens (tertiary/aromatic N) is 2. The van der Waals surface area contributed by atoms with Gasteiger partial charge >= 0.3 is 0 Å². The van der Waals surface area contributed by atoms with Crippen molar-refractivity contribution in [3.05, 3.63) is 111 Å². The fraction of sp³-hybridized carbons (Fsp3) is 0.120. The lowest BCUT2D eigenvalue weighted by atomic mass is 10.1. The summed E-state index contributed by atoms with van der Waals surface area (Å²) in [6, 6.07) is 22.3. The van der Waals surface area contributed by atoms with Gasteiger partial charge in [-0.3, -0.25) is 9.48 Å². The maximum Gasteiger partial charge on any atom is 0.256 e. The highest BCUT2D eigenvalue weighted by atomic mass is 35.5. The molecule has 1 N–H and O–H groups in total. The van der Waals surface area contributed by atoms with Crippen LogP contribution in [0.25, 0.3) is 0 Å². The largest absolute Gasteiger partial charge is 0.487 e. The molecule has 0 bridgehead atoms. The van der Waals surface area contributed by atoms with Crippen LogP contribution >= 0.6 is 23.2 Å². The van der Waals surface area contributed by atoms with Crippen LogP contribution in [0, 0.1) is 6.92 Å². The molecule has 4 rings (SSSR count). The summed E-state index contributed by atoms with van der Waals surface area (Å²) in [6.07, 6.45) is 1.85. The summed E-state index contributed by atoms with van der Waals surface area (Å²) in [5.74, 6) is 0.791. The fourth-order valence-corrected chi connectivity index (χ4v) is 3.72. The van der Waals surface area contributed by atoms with Gasteiger partial charge in [-0.25, -0.2) is 0 Å². The Morgan fingerprint density at radius 3 is 2.62 bits per heavy atom. The Bertz CT molecular complexity index is 1250. The molecule has 0 unspecified atom stereocenters. The van der Waals surface area contributed by atoms with E-state index in [1.807, 2.05) is 24.4 Å². The van der Waals surface area contributed by atoms with E-state index in [2.05, 4.69) is 35.5 Å². The van der Waals surface area contributed by atoms with Crippen LogP contribution in [-0.4, -0.2) is 15.7 Å². The van der Waals surface area contributed by atoms with Gasteiger partial charge in [0, 0.05) is 22.8 Å². The topological polar surface area (TPSA) is 56.2 Å². The molecule has 1 amide bonds. The van der Waals surface area contributed by atoms with E-state index >= 15 is 0 Å². The predicted molar refractivity (Wildman–Crippen MR) is 128 cm³/mol. The normalized spacial score (nSPS) is 10.7. The molecule has 0 aliphatic rings. The summed E-state index contributed by atoms with van der Waals surface area (Å²) in [6.45, 7) is 2.96. The molecule has 5 nitrogen and oxygen atoms in total. The number of halogens is 2. The number of carbonyl (C=O) groups excluding carboxylic acids is 1. The molecule has 7 heteroatoms. The summed E-state index contributed by atoms with van der Waals surface area (Å²) >= 11 is 12.1. The lowest BCUT2D eigenvalue weighted by Crippen LogP contribution is -2.13. The number of hydrogen-bond acceptors (Lipinski definition) is 3. The molecule has 0 fully saturated rings. The van der Waals surface area contributed by atoms with Crippen molar-refractivity contribution in [1.82, 2.24) is 9.78 Å². The molecule has 3 aromatic carbocycles. The number of carbonyl (C=O) groups is 1. The molecule has 0 aliphatic heterocycles. The Morgan fingerprint density at radius 1 is 1.00 bits per heavy atom. The third kappa shape index (κ3) is 5.69. The van der Waals surface area contributed by atoms with Gasteiger partial charge in [0.1, 0.15) is 12.4 Å². The minimum absolute atomic E-state index is 0.239. The van der Waals surface area contributed by atoms with Crippen LogP contribution in [0.5, 0.6) is 5.75 Å². The predicted octanol–water partition coefficient (Wildman–Crippen LogP) is 6.38. The minimum atomic E-state index is -0.239. The smallest absolute Gasteiger partial charge is 0.256 e. The van der Waals surface area contributed by atoms with E-state index in [9.17, 15) is 4.79 Å². The maximum absolute atomic E-state index is 12.7. The number of benzene rings is 3. The SMILES string of the molecule is Cc1cccc(Cn2ccc(NC(=O)c3cccc(COc4ccc(Cl)cc4Cl)c3)n2)c1. The van der Waals surface area contributed by atoms with Crippen molar-refractivity contribution < 1.29 is 9.53 Å². The number of aryl methyl sites for hydroxylation is 1. The molecule has 1 heterocycles. The number of rotatable bonds is 7. The Kier molecular flexibility index (Phi) is 6.78. The molecule has 0 saturated heterocycles. The van der Waals surface area contributed by atoms with Crippen LogP contribution in [0.4, 0.5) is 5.82 Å². The molecule has 0 saturated carbocycles. The number of nitrogens with one attached hydrogen (secondary N) is 1. The van der Waals surface area contributed by atoms with Crippen molar-refractivity contribution in [1.29, 1.82) is 0 Å². The highest BCUT2D eigenvalue weighted by molar-refractivity contribution is 6.35. The highest BCUT2D eigenvalue weighted by Crippen LogP contribution is 2.28. The van der Waals surface area contributed by atoms with E-state index in [4.69, 9.17) is 27.9 Å². The third-order valence-corrected chi connectivity index (χ3v) is 5.32. The first kappa shape index (κ1) is 21.9. The monoisotopic (exact) mass is 465 g/mol. The van der Waals surface area contributed by atoms with Crippen molar-refractivity contribution in [2.75, 3.05) is 5.32 Å². The van der Waals surface area contributed by atoms with Crippen molar-refractivity contribution >= 4 is 34.9 Å². The summed E-state index contributed by atoms with van der Waals surface area (Å²) in [7, 11) is 0. The zero-order valence-electron chi connectivity index (χ0n) is 17.4. The second-order valence-electron chi connectivity index (χ2n) is 7.41. The van der Waals surface area contributed by atoms with Gasteiger partial charge in [-0.1, -0.05) is 65.2 Å². The number of hydrogen-bond donors (Lipinski definition) is 1. The van der Waals surface area contributed by atoms with Crippen LogP contribution in [0.3, 0.4) is 0 Å². The maximum atomic E-state index is 12.7. The summed E-state index contributed by atoms with van der Waals surface area (Å²) in [4.78, 5) is 12.7. The van der Waals surface area contributed by atoms with E-state index < -0.39 is 0 Å². The second-order valence-corrected chi connectivity index (χ2v) is 8.25. The first-order valence-electron chi connectivity index (χ1n) is 10.0. The molecular weight excluding hydrogens is 445 g/mol. The Balaban J connectivity index is 1.38. The number of ether oxygens (including phenoxy) is 1. The quantitative estimate of drug-likeness (QED) is 0.344. The first-order chi connectivity index (χ1) is 15.5. The number of anilines is 1. The Labute approximate surface area is 196 Å². The Morgan fingerprint density at radius 2 is 1.81 bits per heavy atom. The van der Waals surface area contributed by atoms with Gasteiger partial charge in [-0.15, -0.1) is 0 Å². The van der Waals surface area contributed by atoms with Crippen LogP contribution in [0.2, 0.25) is 10.0 Å². The van der Waals surface area contributed by atoms with E-state index in [1.165, 1.54) is 5.56 Å². The minimum Gasteiger partial charge on any atom is -0.487 e. The van der Waals surface area contributed by atoms with Crippen LogP contribution < -0.4 is 10.1 Å². The summed E-state index contributed by atoms with van der Waals surface area (Å²) in [5, 5.41) is 8.28. The second kappa shape index (κ2) is 9.90. The number of amides is 1. The van der Waals surface area contributed by atoms with E-state index in [1.54, 1.807) is 41.1 Å². The third-order valence-electron chi connectivity index (χ3n) is 4.79. The molecule has 0 radical (unpaired) electrons. The molecule has 0 aliphatic carbocycles. The highest BCUT2D eigenvalue weighted by Gasteiger charge is 2.10. The van der Waals surface area contributed by atoms with Gasteiger partial charge in [0.2, 0.25) is 0 Å². The van der Waals surface area contributed by atoms with E-state index in [0.29, 0.717) is 33.7 Å². The Hall–Kier alpha value is -3.28. The van der Waals surface area contributed by atoms with Crippen molar-refractivity contribution in [2.24, 2.45) is 0 Å². The van der Waals surface area contributed by atoms with Crippen molar-refractivity contribution in [3.8, 4) is 5.75 Å². The molecule has 32 heavy (non-hydrogen) atoms. The standard InChI is InChI=1S/C25H21Cl2N3O2/c1-17-4-2-5-18(12-17)15-30-11-10-24(29-30)28-25(31)20-7-3-6-19(13-20)16-32-23-9-8-21(26)14-22(23)27/h2-14H,15-16H2,1H3,(H,28,29,31). The molecule has 0 spiro atoms. The van der Waals surface area contributed by atoms with Gasteiger partial charge in [0.05, 0.1) is 11.6 Å². The lowest BCUT2D eigenvalue weighted by Gasteiger charge is -2.09. The van der Waals surface area contributed by atoms with Crippen LogP contribution in [0.1, 0.15) is 27.0 Å². The average Bonchev–Trinajstić information content (AvgIpc) is 3.20. The van der Waals surface area contributed by atoms with E-state index in [0.717, 1.165) is 11.1 Å². The van der Waals surface area contributed by atoms with Crippen molar-refractivity contribution in [2.45, 2.75) is 20.1 Å². The lowest BCUT2D eigenvalue weighted by molar-refractivity contribution is 0.102. The molecule has 162 valence electrons. The summed E-state index contributed by atoms with van der Waals surface area (Å²) < 4.78 is 7.56. The number of aromatic nitrogens is 2. The van der Waals surface area contributed by atoms with Gasteiger partial charge < -0.3 is 10.1 Å². The van der Waals surface area contributed by atoms with Gasteiger partial charge in [0.25, 0.3) is 5.91 Å².